The zero-order valence-corrected chi connectivity index (χ0v) is 13.4. The molecule has 5 nitrogen and oxygen atoms in total. The normalized spacial score (nSPS) is 32.6. The number of carbonyl (C=O) groups excluding carboxylic acids is 2. The summed E-state index contributed by atoms with van der Waals surface area (Å²) in [6.45, 7) is 3.42. The second-order valence-corrected chi connectivity index (χ2v) is 7.03. The summed E-state index contributed by atoms with van der Waals surface area (Å²) in [4.78, 5) is 27.5. The summed E-state index contributed by atoms with van der Waals surface area (Å²) in [5.74, 6) is -0.179. The van der Waals surface area contributed by atoms with Gasteiger partial charge >= 0.3 is 0 Å². The number of hydrogen-bond acceptors (Lipinski definition) is 3. The van der Waals surface area contributed by atoms with Crippen molar-refractivity contribution in [2.24, 2.45) is 5.92 Å². The molecule has 0 saturated carbocycles. The van der Waals surface area contributed by atoms with Gasteiger partial charge in [0, 0.05) is 25.4 Å². The molecule has 0 radical (unpaired) electrons. The first kappa shape index (κ1) is 14.5. The molecule has 0 aromatic heterocycles. The minimum absolute atomic E-state index is 0.0223. The number of piperidine rings is 2. The van der Waals surface area contributed by atoms with E-state index in [1.165, 1.54) is 6.42 Å². The van der Waals surface area contributed by atoms with Gasteiger partial charge < -0.3 is 15.0 Å². The van der Waals surface area contributed by atoms with Crippen molar-refractivity contribution in [1.82, 2.24) is 10.2 Å². The van der Waals surface area contributed by atoms with Crippen LogP contribution in [-0.2, 0) is 9.59 Å². The monoisotopic (exact) mass is 314 g/mol. The van der Waals surface area contributed by atoms with Gasteiger partial charge in [-0.3, -0.25) is 9.59 Å². The molecular formula is C18H22N2O3. The van der Waals surface area contributed by atoms with E-state index in [0.29, 0.717) is 6.42 Å². The Labute approximate surface area is 136 Å². The van der Waals surface area contributed by atoms with Crippen LogP contribution in [-0.4, -0.2) is 35.5 Å². The van der Waals surface area contributed by atoms with Crippen LogP contribution in [0.3, 0.4) is 0 Å². The second kappa shape index (κ2) is 5.25. The van der Waals surface area contributed by atoms with Crippen molar-refractivity contribution in [3.8, 4) is 5.75 Å². The lowest BCUT2D eigenvalue weighted by molar-refractivity contribution is -0.152. The lowest BCUT2D eigenvalue weighted by Gasteiger charge is -2.47. The molecule has 3 heterocycles. The highest BCUT2D eigenvalue weighted by Gasteiger charge is 2.52. The molecule has 23 heavy (non-hydrogen) atoms. The molecule has 0 unspecified atom stereocenters. The van der Waals surface area contributed by atoms with Crippen LogP contribution in [0, 0.1) is 5.92 Å². The van der Waals surface area contributed by atoms with E-state index in [2.05, 4.69) is 5.32 Å². The van der Waals surface area contributed by atoms with Crippen molar-refractivity contribution < 1.29 is 14.3 Å². The van der Waals surface area contributed by atoms with Crippen LogP contribution < -0.4 is 10.1 Å². The maximum Gasteiger partial charge on any atom is 0.236 e. The molecule has 3 aliphatic heterocycles. The summed E-state index contributed by atoms with van der Waals surface area (Å²) in [5.41, 5.74) is 0.268. The molecule has 4 rings (SSSR count). The van der Waals surface area contributed by atoms with Gasteiger partial charge in [-0.05, 0) is 37.8 Å². The Balaban J connectivity index is 1.70. The van der Waals surface area contributed by atoms with Crippen LogP contribution in [0.2, 0.25) is 0 Å². The van der Waals surface area contributed by atoms with Crippen LogP contribution in [0.1, 0.15) is 44.1 Å². The Hall–Kier alpha value is -2.04. The Kier molecular flexibility index (Phi) is 3.32. The molecule has 5 heteroatoms. The Bertz CT molecular complexity index is 653. The van der Waals surface area contributed by atoms with Crippen molar-refractivity contribution in [3.63, 3.8) is 0 Å². The lowest BCUT2D eigenvalue weighted by atomic mass is 9.74. The fourth-order valence-electron chi connectivity index (χ4n) is 4.18. The maximum absolute atomic E-state index is 13.0. The molecule has 2 amide bonds. The summed E-state index contributed by atoms with van der Waals surface area (Å²) in [6.07, 6.45) is 3.86. The fourth-order valence-corrected chi connectivity index (χ4v) is 4.18. The largest absolute Gasteiger partial charge is 0.468 e. The number of likely N-dealkylation sites (tertiary alicyclic amines) is 1. The van der Waals surface area contributed by atoms with E-state index in [0.717, 1.165) is 37.2 Å². The Morgan fingerprint density at radius 3 is 2.78 bits per heavy atom. The second-order valence-electron chi connectivity index (χ2n) is 7.03. The smallest absolute Gasteiger partial charge is 0.236 e. The lowest BCUT2D eigenvalue weighted by Crippen LogP contribution is -2.63. The van der Waals surface area contributed by atoms with Crippen LogP contribution in [0.25, 0.3) is 0 Å². The molecule has 2 saturated heterocycles. The van der Waals surface area contributed by atoms with Crippen molar-refractivity contribution in [2.75, 3.05) is 13.1 Å². The van der Waals surface area contributed by atoms with E-state index in [1.807, 2.05) is 36.1 Å². The topological polar surface area (TPSA) is 58.6 Å². The van der Waals surface area contributed by atoms with Crippen molar-refractivity contribution in [3.05, 3.63) is 29.8 Å². The first-order chi connectivity index (χ1) is 11.1. The summed E-state index contributed by atoms with van der Waals surface area (Å²) in [7, 11) is 0. The number of hydrogen-bond donors (Lipinski definition) is 1. The molecule has 1 aromatic rings. The quantitative estimate of drug-likeness (QED) is 0.807. The highest BCUT2D eigenvalue weighted by molar-refractivity contribution is 6.02. The van der Waals surface area contributed by atoms with Crippen LogP contribution >= 0.6 is 0 Å². The SMILES string of the molecule is C[C@@]12C[C@@H](c3ccccc3O1)[C@@H](C(=O)N1CCCCC1)C(=O)N2. The third kappa shape index (κ3) is 2.38. The number of ether oxygens (including phenoxy) is 1. The van der Waals surface area contributed by atoms with E-state index in [9.17, 15) is 9.59 Å². The number of carbonyl (C=O) groups is 2. The summed E-state index contributed by atoms with van der Waals surface area (Å²) < 4.78 is 5.98. The van der Waals surface area contributed by atoms with E-state index in [1.54, 1.807) is 0 Å². The molecular weight excluding hydrogens is 292 g/mol. The number of rotatable bonds is 1. The van der Waals surface area contributed by atoms with Gasteiger partial charge in [0.25, 0.3) is 0 Å². The summed E-state index contributed by atoms with van der Waals surface area (Å²) in [6, 6.07) is 7.76. The third-order valence-corrected chi connectivity index (χ3v) is 5.27. The highest BCUT2D eigenvalue weighted by Crippen LogP contribution is 2.47. The molecule has 0 spiro atoms. The van der Waals surface area contributed by atoms with E-state index in [4.69, 9.17) is 4.74 Å². The van der Waals surface area contributed by atoms with E-state index < -0.39 is 11.6 Å². The molecule has 3 atom stereocenters. The van der Waals surface area contributed by atoms with Crippen molar-refractivity contribution >= 4 is 11.8 Å². The Morgan fingerprint density at radius 2 is 2.00 bits per heavy atom. The zero-order valence-electron chi connectivity index (χ0n) is 13.4. The molecule has 0 aliphatic carbocycles. The number of benzene rings is 1. The summed E-state index contributed by atoms with van der Waals surface area (Å²) >= 11 is 0. The molecule has 2 bridgehead atoms. The maximum atomic E-state index is 13.0. The average Bonchev–Trinajstić information content (AvgIpc) is 2.54. The number of nitrogens with zero attached hydrogens (tertiary/aromatic N) is 1. The van der Waals surface area contributed by atoms with Gasteiger partial charge in [0.2, 0.25) is 11.8 Å². The third-order valence-electron chi connectivity index (χ3n) is 5.27. The summed E-state index contributed by atoms with van der Waals surface area (Å²) in [5, 5.41) is 2.93. The predicted octanol–water partition coefficient (Wildman–Crippen LogP) is 2.03. The standard InChI is InChI=1S/C18H22N2O3/c1-18-11-13(12-7-3-4-8-14(12)23-18)15(16(21)19-18)17(22)20-9-5-2-6-10-20/h3-4,7-8,13,15H,2,5-6,9-11H2,1H3,(H,19,21)/t13-,15+,18-/m0/s1. The van der Waals surface area contributed by atoms with Crippen LogP contribution in [0.15, 0.2) is 24.3 Å². The van der Waals surface area contributed by atoms with Gasteiger partial charge in [0.05, 0.1) is 0 Å². The Morgan fingerprint density at radius 1 is 1.26 bits per heavy atom. The first-order valence-corrected chi connectivity index (χ1v) is 8.46. The number of nitrogens with one attached hydrogen (secondary N) is 1. The first-order valence-electron chi connectivity index (χ1n) is 8.46. The number of amides is 2. The van der Waals surface area contributed by atoms with Crippen molar-refractivity contribution in [2.45, 2.75) is 44.2 Å². The fraction of sp³-hybridized carbons (Fsp3) is 0.556. The highest BCUT2D eigenvalue weighted by atomic mass is 16.5. The molecule has 3 aliphatic rings. The van der Waals surface area contributed by atoms with Crippen molar-refractivity contribution in [1.29, 1.82) is 0 Å². The van der Waals surface area contributed by atoms with Gasteiger partial charge in [0.1, 0.15) is 11.7 Å². The minimum atomic E-state index is -0.714. The molecule has 122 valence electrons. The van der Waals surface area contributed by atoms with E-state index >= 15 is 0 Å². The zero-order chi connectivity index (χ0) is 16.0. The van der Waals surface area contributed by atoms with Gasteiger partial charge in [-0.1, -0.05) is 18.2 Å². The van der Waals surface area contributed by atoms with Gasteiger partial charge in [-0.25, -0.2) is 0 Å². The van der Waals surface area contributed by atoms with Gasteiger partial charge in [-0.2, -0.15) is 0 Å². The number of fused-ring (bicyclic) bond motifs is 4. The minimum Gasteiger partial charge on any atom is -0.468 e. The van der Waals surface area contributed by atoms with Gasteiger partial charge in [-0.15, -0.1) is 0 Å². The predicted molar refractivity (Wildman–Crippen MR) is 84.9 cm³/mol. The average molecular weight is 314 g/mol. The van der Waals surface area contributed by atoms with Crippen LogP contribution in [0.4, 0.5) is 0 Å². The van der Waals surface area contributed by atoms with E-state index in [-0.39, 0.29) is 17.7 Å². The van der Waals surface area contributed by atoms with Gasteiger partial charge in [0.15, 0.2) is 5.72 Å². The number of para-hydroxylation sites is 1. The molecule has 2 fully saturated rings. The molecule has 1 aromatic carbocycles. The molecule has 1 N–H and O–H groups in total. The van der Waals surface area contributed by atoms with Crippen LogP contribution in [0.5, 0.6) is 5.75 Å².